The molecule has 1 aliphatic heterocycles. The largest absolute Gasteiger partial charge is 0.444 e. The summed E-state index contributed by atoms with van der Waals surface area (Å²) in [5.74, 6) is 3.37. The van der Waals surface area contributed by atoms with Gasteiger partial charge in [-0.15, -0.1) is 24.0 Å². The number of rotatable bonds is 5. The molecule has 0 amide bonds. The van der Waals surface area contributed by atoms with Crippen molar-refractivity contribution in [2.75, 3.05) is 26.7 Å². The molecule has 0 aromatic carbocycles. The molecule has 0 atom stereocenters. The highest BCUT2D eigenvalue weighted by Crippen LogP contribution is 2.19. The van der Waals surface area contributed by atoms with Crippen molar-refractivity contribution >= 4 is 29.9 Å². The van der Waals surface area contributed by atoms with E-state index in [9.17, 15) is 0 Å². The van der Waals surface area contributed by atoms with Gasteiger partial charge in [0.1, 0.15) is 5.76 Å². The van der Waals surface area contributed by atoms with Gasteiger partial charge in [0.15, 0.2) is 5.96 Å². The van der Waals surface area contributed by atoms with Crippen molar-refractivity contribution in [1.82, 2.24) is 20.5 Å². The summed E-state index contributed by atoms with van der Waals surface area (Å²) >= 11 is 0. The molecular formula is C17H32IN5O. The molecule has 0 unspecified atom stereocenters. The van der Waals surface area contributed by atoms with Crippen LogP contribution in [0.25, 0.3) is 0 Å². The Morgan fingerprint density at radius 3 is 2.50 bits per heavy atom. The van der Waals surface area contributed by atoms with Crippen LogP contribution >= 0.6 is 24.0 Å². The predicted octanol–water partition coefficient (Wildman–Crippen LogP) is 2.69. The Kier molecular flexibility index (Phi) is 9.04. The first-order valence-electron chi connectivity index (χ1n) is 8.60. The minimum absolute atomic E-state index is 0. The fourth-order valence-corrected chi connectivity index (χ4v) is 2.86. The summed E-state index contributed by atoms with van der Waals surface area (Å²) < 4.78 is 5.69. The average molecular weight is 449 g/mol. The van der Waals surface area contributed by atoms with E-state index < -0.39 is 0 Å². The van der Waals surface area contributed by atoms with Gasteiger partial charge in [-0.1, -0.05) is 0 Å². The van der Waals surface area contributed by atoms with E-state index in [4.69, 9.17) is 4.42 Å². The van der Waals surface area contributed by atoms with E-state index in [2.05, 4.69) is 39.4 Å². The number of halogens is 1. The van der Waals surface area contributed by atoms with Gasteiger partial charge in [-0.3, -0.25) is 9.89 Å². The third kappa shape index (κ3) is 6.58. The fourth-order valence-electron chi connectivity index (χ4n) is 2.86. The summed E-state index contributed by atoms with van der Waals surface area (Å²) in [6.45, 7) is 12.2. The Hall–Kier alpha value is -0.830. The van der Waals surface area contributed by atoms with Gasteiger partial charge in [0.2, 0.25) is 5.89 Å². The third-order valence-electron chi connectivity index (χ3n) is 4.35. The Bertz CT molecular complexity index is 502. The van der Waals surface area contributed by atoms with Gasteiger partial charge < -0.3 is 15.1 Å². The van der Waals surface area contributed by atoms with Crippen LogP contribution in [0.4, 0.5) is 0 Å². The molecule has 0 aliphatic carbocycles. The quantitative estimate of drug-likeness (QED) is 0.411. The SMILES string of the molecule is CN=C(NCC1CCN(Cc2nc(C)c(C)o2)CC1)NC(C)C.I. The second-order valence-electron chi connectivity index (χ2n) is 6.72. The van der Waals surface area contributed by atoms with E-state index in [0.29, 0.717) is 12.0 Å². The predicted molar refractivity (Wildman–Crippen MR) is 109 cm³/mol. The van der Waals surface area contributed by atoms with Gasteiger partial charge in [-0.25, -0.2) is 4.98 Å². The zero-order valence-corrected chi connectivity index (χ0v) is 17.9. The minimum Gasteiger partial charge on any atom is -0.444 e. The van der Waals surface area contributed by atoms with Crippen molar-refractivity contribution in [2.24, 2.45) is 10.9 Å². The van der Waals surface area contributed by atoms with E-state index in [1.165, 1.54) is 12.8 Å². The maximum atomic E-state index is 5.69. The molecule has 0 bridgehead atoms. The molecule has 1 aromatic rings. The van der Waals surface area contributed by atoms with Gasteiger partial charge >= 0.3 is 0 Å². The van der Waals surface area contributed by atoms with E-state index in [1.807, 2.05) is 20.9 Å². The number of aryl methyl sites for hydroxylation is 2. The maximum Gasteiger partial charge on any atom is 0.208 e. The van der Waals surface area contributed by atoms with E-state index in [-0.39, 0.29) is 24.0 Å². The summed E-state index contributed by atoms with van der Waals surface area (Å²) in [4.78, 5) is 11.2. The van der Waals surface area contributed by atoms with Crippen LogP contribution in [0.2, 0.25) is 0 Å². The van der Waals surface area contributed by atoms with Crippen molar-refractivity contribution in [3.8, 4) is 0 Å². The molecule has 24 heavy (non-hydrogen) atoms. The van der Waals surface area contributed by atoms with Crippen LogP contribution in [0.1, 0.15) is 44.0 Å². The Morgan fingerprint density at radius 1 is 1.33 bits per heavy atom. The Labute approximate surface area is 162 Å². The van der Waals surface area contributed by atoms with Crippen molar-refractivity contribution in [2.45, 2.75) is 53.1 Å². The number of likely N-dealkylation sites (tertiary alicyclic amines) is 1. The molecule has 1 saturated heterocycles. The average Bonchev–Trinajstić information content (AvgIpc) is 2.82. The lowest BCUT2D eigenvalue weighted by atomic mass is 9.97. The standard InChI is InChI=1S/C17H31N5O.HI/c1-12(2)20-17(18-5)19-10-15-6-8-22(9-7-15)11-16-21-13(3)14(4)23-16;/h12,15H,6-11H2,1-5H3,(H2,18,19,20);1H. The lowest BCUT2D eigenvalue weighted by Crippen LogP contribution is -2.44. The molecule has 0 spiro atoms. The van der Waals surface area contributed by atoms with E-state index in [0.717, 1.165) is 49.5 Å². The molecule has 2 heterocycles. The lowest BCUT2D eigenvalue weighted by Gasteiger charge is -2.31. The van der Waals surface area contributed by atoms with Crippen molar-refractivity contribution in [1.29, 1.82) is 0 Å². The van der Waals surface area contributed by atoms with Crippen LogP contribution in [0, 0.1) is 19.8 Å². The summed E-state index contributed by atoms with van der Waals surface area (Å²) in [5.41, 5.74) is 1.00. The number of oxazole rings is 1. The summed E-state index contributed by atoms with van der Waals surface area (Å²) in [6.07, 6.45) is 2.40. The van der Waals surface area contributed by atoms with Crippen molar-refractivity contribution in [3.63, 3.8) is 0 Å². The number of hydrogen-bond acceptors (Lipinski definition) is 4. The van der Waals surface area contributed by atoms with Crippen LogP contribution in [0.15, 0.2) is 9.41 Å². The second kappa shape index (κ2) is 10.2. The zero-order valence-electron chi connectivity index (χ0n) is 15.6. The lowest BCUT2D eigenvalue weighted by molar-refractivity contribution is 0.164. The summed E-state index contributed by atoms with van der Waals surface area (Å²) in [6, 6.07) is 0.399. The molecule has 2 N–H and O–H groups in total. The first-order valence-corrected chi connectivity index (χ1v) is 8.60. The number of aromatic nitrogens is 1. The van der Waals surface area contributed by atoms with Crippen molar-refractivity contribution in [3.05, 3.63) is 17.3 Å². The molecule has 138 valence electrons. The number of piperidine rings is 1. The highest BCUT2D eigenvalue weighted by molar-refractivity contribution is 14.0. The van der Waals surface area contributed by atoms with Crippen LogP contribution < -0.4 is 10.6 Å². The number of nitrogens with zero attached hydrogens (tertiary/aromatic N) is 3. The van der Waals surface area contributed by atoms with Crippen LogP contribution in [0.3, 0.4) is 0 Å². The monoisotopic (exact) mass is 449 g/mol. The molecule has 1 aliphatic rings. The topological polar surface area (TPSA) is 65.7 Å². The van der Waals surface area contributed by atoms with Gasteiger partial charge in [0.05, 0.1) is 12.2 Å². The number of hydrogen-bond donors (Lipinski definition) is 2. The first-order chi connectivity index (χ1) is 11.0. The second-order valence-corrected chi connectivity index (χ2v) is 6.72. The summed E-state index contributed by atoms with van der Waals surface area (Å²) in [5, 5.41) is 6.76. The normalized spacial score (nSPS) is 17.0. The zero-order chi connectivity index (χ0) is 16.8. The molecule has 1 fully saturated rings. The highest BCUT2D eigenvalue weighted by atomic mass is 127. The Balaban J connectivity index is 0.00000288. The van der Waals surface area contributed by atoms with Gasteiger partial charge in [-0.05, 0) is 59.5 Å². The third-order valence-corrected chi connectivity index (χ3v) is 4.35. The van der Waals surface area contributed by atoms with E-state index in [1.54, 1.807) is 0 Å². The number of nitrogens with one attached hydrogen (secondary N) is 2. The van der Waals surface area contributed by atoms with Gasteiger partial charge in [0.25, 0.3) is 0 Å². The molecule has 7 heteroatoms. The van der Waals surface area contributed by atoms with Crippen LogP contribution in [-0.2, 0) is 6.54 Å². The Morgan fingerprint density at radius 2 is 2.00 bits per heavy atom. The van der Waals surface area contributed by atoms with Crippen molar-refractivity contribution < 1.29 is 4.42 Å². The molecule has 0 saturated carbocycles. The van der Waals surface area contributed by atoms with E-state index >= 15 is 0 Å². The number of guanidine groups is 1. The molecule has 2 rings (SSSR count). The number of aliphatic imine (C=N–C) groups is 1. The van der Waals surface area contributed by atoms with Gasteiger partial charge in [-0.2, -0.15) is 0 Å². The smallest absolute Gasteiger partial charge is 0.208 e. The highest BCUT2D eigenvalue weighted by Gasteiger charge is 2.21. The first kappa shape index (κ1) is 21.2. The van der Waals surface area contributed by atoms with Crippen LogP contribution in [0.5, 0.6) is 0 Å². The maximum absolute atomic E-state index is 5.69. The van der Waals surface area contributed by atoms with Gasteiger partial charge in [0, 0.05) is 19.6 Å². The molecule has 1 aromatic heterocycles. The van der Waals surface area contributed by atoms with Crippen LogP contribution in [-0.4, -0.2) is 48.6 Å². The molecule has 0 radical (unpaired) electrons. The summed E-state index contributed by atoms with van der Waals surface area (Å²) in [7, 11) is 1.82. The molecule has 6 nitrogen and oxygen atoms in total. The molecular weight excluding hydrogens is 417 g/mol. The minimum atomic E-state index is 0. The fraction of sp³-hybridized carbons (Fsp3) is 0.765.